The lowest BCUT2D eigenvalue weighted by molar-refractivity contribution is -0.137. The number of benzene rings is 1. The Kier molecular flexibility index (Phi) is 7.78. The second-order valence-corrected chi connectivity index (χ2v) is 10.2. The molecule has 0 spiro atoms. The number of hydrogen-bond acceptors (Lipinski definition) is 5. The van der Waals surface area contributed by atoms with E-state index in [1.54, 1.807) is 45.1 Å². The highest BCUT2D eigenvalue weighted by Crippen LogP contribution is 2.32. The number of allylic oxidation sites excluding steroid dienone is 2. The molecule has 1 aromatic rings. The van der Waals surface area contributed by atoms with E-state index in [0.717, 1.165) is 4.90 Å². The third kappa shape index (κ3) is 5.72. The average molecular weight is 571 g/mol. The van der Waals surface area contributed by atoms with Crippen molar-refractivity contribution in [3.63, 3.8) is 0 Å². The number of hydrogen-bond donors (Lipinski definition) is 3. The molecule has 10 heteroatoms. The van der Waals surface area contributed by atoms with Crippen LogP contribution in [0.15, 0.2) is 42.2 Å². The van der Waals surface area contributed by atoms with Crippen molar-refractivity contribution >= 4 is 46.1 Å². The molecular weight excluding hydrogens is 544 g/mol. The Bertz CT molecular complexity index is 1000. The molecule has 1 fully saturated rings. The van der Waals surface area contributed by atoms with Gasteiger partial charge in [0.2, 0.25) is 5.91 Å². The molecule has 0 radical (unpaired) electrons. The summed E-state index contributed by atoms with van der Waals surface area (Å²) in [7, 11) is 0. The fourth-order valence-electron chi connectivity index (χ4n) is 3.87. The fraction of sp³-hybridized carbons (Fsp3) is 0.435. The number of carbonyl (C=O) groups is 3. The Morgan fingerprint density at radius 1 is 1.39 bits per heavy atom. The van der Waals surface area contributed by atoms with Gasteiger partial charge in [0, 0.05) is 9.49 Å². The summed E-state index contributed by atoms with van der Waals surface area (Å²) in [4.78, 5) is 40.3. The average Bonchev–Trinajstić information content (AvgIpc) is 3.02. The number of amides is 4. The van der Waals surface area contributed by atoms with Crippen molar-refractivity contribution < 1.29 is 28.6 Å². The normalized spacial score (nSPS) is 21.5. The standard InChI is InChI=1S/C23H27FIN3O5/c1-23(2,3)19(20(30)26-17-9-6-14(25)12-16(17)24)28-21(31)18(27-22(28)32)13-4-7-15(8-5-13)33-11-10-29/h4,6-9,12-13,18-19,29H,5,10-11H2,1-3H3,(H,26,30)(H,27,32)/t13?,18-,19-/m1/s1. The van der Waals surface area contributed by atoms with Crippen molar-refractivity contribution in [2.45, 2.75) is 39.3 Å². The van der Waals surface area contributed by atoms with Crippen LogP contribution >= 0.6 is 22.6 Å². The van der Waals surface area contributed by atoms with Gasteiger partial charge in [-0.25, -0.2) is 14.1 Å². The first-order valence-electron chi connectivity index (χ1n) is 10.5. The summed E-state index contributed by atoms with van der Waals surface area (Å²) in [6.45, 7) is 5.27. The van der Waals surface area contributed by atoms with E-state index in [1.165, 1.54) is 12.1 Å². The molecule has 178 valence electrons. The van der Waals surface area contributed by atoms with Gasteiger partial charge >= 0.3 is 6.03 Å². The Balaban J connectivity index is 1.79. The van der Waals surface area contributed by atoms with E-state index in [0.29, 0.717) is 15.8 Å². The van der Waals surface area contributed by atoms with Gasteiger partial charge in [-0.3, -0.25) is 9.59 Å². The quantitative estimate of drug-likeness (QED) is 0.345. The highest BCUT2D eigenvalue weighted by molar-refractivity contribution is 14.1. The first-order chi connectivity index (χ1) is 15.5. The molecule has 2 aliphatic rings. The highest BCUT2D eigenvalue weighted by Gasteiger charge is 2.50. The minimum atomic E-state index is -1.15. The van der Waals surface area contributed by atoms with Crippen LogP contribution in [-0.4, -0.2) is 53.1 Å². The molecule has 3 N–H and O–H groups in total. The number of nitrogens with one attached hydrogen (secondary N) is 2. The molecule has 1 unspecified atom stereocenters. The van der Waals surface area contributed by atoms with Crippen molar-refractivity contribution in [3.8, 4) is 0 Å². The van der Waals surface area contributed by atoms with Gasteiger partial charge in [-0.15, -0.1) is 0 Å². The molecule has 1 aromatic carbocycles. The number of anilines is 1. The van der Waals surface area contributed by atoms with Crippen molar-refractivity contribution in [2.75, 3.05) is 18.5 Å². The van der Waals surface area contributed by atoms with Crippen molar-refractivity contribution in [1.29, 1.82) is 0 Å². The summed E-state index contributed by atoms with van der Waals surface area (Å²) in [6.07, 6.45) is 5.70. The first kappa shape index (κ1) is 25.2. The minimum Gasteiger partial charge on any atom is -0.492 e. The lowest BCUT2D eigenvalue weighted by Gasteiger charge is -2.35. The number of aliphatic hydroxyl groups is 1. The number of carbonyl (C=O) groups excluding carboxylic acids is 3. The van der Waals surface area contributed by atoms with E-state index in [2.05, 4.69) is 10.6 Å². The maximum Gasteiger partial charge on any atom is 0.325 e. The number of imide groups is 1. The van der Waals surface area contributed by atoms with Crippen LogP contribution in [-0.2, 0) is 14.3 Å². The number of rotatable bonds is 7. The Hall–Kier alpha value is -2.47. The zero-order chi connectivity index (χ0) is 24.3. The Morgan fingerprint density at radius 2 is 2.12 bits per heavy atom. The van der Waals surface area contributed by atoms with E-state index < -0.39 is 41.2 Å². The van der Waals surface area contributed by atoms with Gasteiger partial charge < -0.3 is 20.5 Å². The van der Waals surface area contributed by atoms with Crippen molar-refractivity contribution in [2.24, 2.45) is 11.3 Å². The second-order valence-electron chi connectivity index (χ2n) is 8.95. The zero-order valence-electron chi connectivity index (χ0n) is 18.6. The van der Waals surface area contributed by atoms with Crippen LogP contribution in [0.1, 0.15) is 27.2 Å². The summed E-state index contributed by atoms with van der Waals surface area (Å²) in [5.74, 6) is -1.49. The molecule has 0 aromatic heterocycles. The largest absolute Gasteiger partial charge is 0.492 e. The van der Waals surface area contributed by atoms with Crippen LogP contribution in [0.4, 0.5) is 14.9 Å². The SMILES string of the molecule is CC(C)(C)[C@@H](C(=O)Nc1ccc(I)cc1F)N1C(=O)N[C@H](C2C=CC(OCCO)=CC2)C1=O. The van der Waals surface area contributed by atoms with Gasteiger partial charge in [-0.1, -0.05) is 26.8 Å². The molecular formula is C23H27FIN3O5. The molecule has 1 saturated heterocycles. The lowest BCUT2D eigenvalue weighted by Crippen LogP contribution is -2.54. The van der Waals surface area contributed by atoms with Crippen LogP contribution in [0.5, 0.6) is 0 Å². The summed E-state index contributed by atoms with van der Waals surface area (Å²) >= 11 is 1.96. The fourth-order valence-corrected chi connectivity index (χ4v) is 4.33. The van der Waals surface area contributed by atoms with Gasteiger partial charge in [0.15, 0.2) is 0 Å². The van der Waals surface area contributed by atoms with Crippen LogP contribution in [0, 0.1) is 20.7 Å². The summed E-state index contributed by atoms with van der Waals surface area (Å²) in [5, 5.41) is 14.1. The van der Waals surface area contributed by atoms with Crippen molar-refractivity contribution in [3.05, 3.63) is 51.6 Å². The molecule has 1 aliphatic carbocycles. The molecule has 8 nitrogen and oxygen atoms in total. The molecule has 33 heavy (non-hydrogen) atoms. The van der Waals surface area contributed by atoms with Crippen LogP contribution in [0.25, 0.3) is 0 Å². The summed E-state index contributed by atoms with van der Waals surface area (Å²) in [5.41, 5.74) is -0.826. The van der Waals surface area contributed by atoms with Gasteiger partial charge in [-0.2, -0.15) is 0 Å². The first-order valence-corrected chi connectivity index (χ1v) is 11.6. The number of aliphatic hydroxyl groups excluding tert-OH is 1. The maximum atomic E-state index is 14.3. The van der Waals surface area contributed by atoms with Gasteiger partial charge in [0.05, 0.1) is 12.3 Å². The van der Waals surface area contributed by atoms with E-state index in [1.807, 2.05) is 22.6 Å². The van der Waals surface area contributed by atoms with Crippen LogP contribution in [0.2, 0.25) is 0 Å². The third-order valence-electron chi connectivity index (χ3n) is 5.40. The Morgan fingerprint density at radius 3 is 2.70 bits per heavy atom. The second kappa shape index (κ2) is 10.2. The number of nitrogens with zero attached hydrogens (tertiary/aromatic N) is 1. The third-order valence-corrected chi connectivity index (χ3v) is 6.08. The van der Waals surface area contributed by atoms with Gasteiger partial charge in [-0.05, 0) is 64.8 Å². The zero-order valence-corrected chi connectivity index (χ0v) is 20.8. The number of halogens is 2. The van der Waals surface area contributed by atoms with Crippen LogP contribution < -0.4 is 10.6 Å². The van der Waals surface area contributed by atoms with Gasteiger partial charge in [0.25, 0.3) is 5.91 Å². The van der Waals surface area contributed by atoms with E-state index in [9.17, 15) is 18.8 Å². The predicted octanol–water partition coefficient (Wildman–Crippen LogP) is 3.17. The van der Waals surface area contributed by atoms with Crippen molar-refractivity contribution in [1.82, 2.24) is 10.2 Å². The van der Waals surface area contributed by atoms with Crippen LogP contribution in [0.3, 0.4) is 0 Å². The van der Waals surface area contributed by atoms with E-state index >= 15 is 0 Å². The topological polar surface area (TPSA) is 108 Å². The summed E-state index contributed by atoms with van der Waals surface area (Å²) in [6, 6.07) is 1.73. The molecule has 0 bridgehead atoms. The molecule has 3 rings (SSSR count). The maximum absolute atomic E-state index is 14.3. The number of ether oxygens (including phenoxy) is 1. The predicted molar refractivity (Wildman–Crippen MR) is 129 cm³/mol. The monoisotopic (exact) mass is 571 g/mol. The molecule has 4 amide bonds. The molecule has 0 saturated carbocycles. The Labute approximate surface area is 205 Å². The molecule has 1 heterocycles. The minimum absolute atomic E-state index is 0.0194. The lowest BCUT2D eigenvalue weighted by atomic mass is 9.84. The molecule has 3 atom stereocenters. The van der Waals surface area contributed by atoms with E-state index in [-0.39, 0.29) is 24.8 Å². The summed E-state index contributed by atoms with van der Waals surface area (Å²) < 4.78 is 20.3. The molecule has 1 aliphatic heterocycles. The highest BCUT2D eigenvalue weighted by atomic mass is 127. The van der Waals surface area contributed by atoms with E-state index in [4.69, 9.17) is 9.84 Å². The number of urea groups is 1. The smallest absolute Gasteiger partial charge is 0.325 e. The van der Waals surface area contributed by atoms with Gasteiger partial charge in [0.1, 0.15) is 30.3 Å².